The molecule has 174 valence electrons. The van der Waals surface area contributed by atoms with Gasteiger partial charge in [0.25, 0.3) is 5.91 Å². The van der Waals surface area contributed by atoms with E-state index in [1.807, 2.05) is 18.2 Å². The van der Waals surface area contributed by atoms with E-state index in [2.05, 4.69) is 5.32 Å². The van der Waals surface area contributed by atoms with Gasteiger partial charge < -0.3 is 9.73 Å². The lowest BCUT2D eigenvalue weighted by Gasteiger charge is -2.29. The molecule has 5 nitrogen and oxygen atoms in total. The lowest BCUT2D eigenvalue weighted by molar-refractivity contribution is -0.128. The maximum Gasteiger partial charge on any atom is 0.266 e. The standard InChI is InChI=1S/C23H21Cl3N2O3S2/c24-16-4-2-1-3-15(16)19-8-6-14(31-19)10-20-22(30)28(23(32)33-20)12-21(29)27-11-13-5-7-17(25)18(26)9-13/h1-4,6,8,10,13,17-18H,5,7,9,11-12H2,(H,27,29)/b20-10-. The fraction of sp³-hybridized carbons (Fsp3) is 0.348. The number of benzene rings is 1. The largest absolute Gasteiger partial charge is 0.457 e. The highest BCUT2D eigenvalue weighted by molar-refractivity contribution is 8.26. The van der Waals surface area contributed by atoms with Gasteiger partial charge in [-0.1, -0.05) is 47.7 Å². The number of furan rings is 1. The summed E-state index contributed by atoms with van der Waals surface area (Å²) in [6.07, 6.45) is 4.14. The van der Waals surface area contributed by atoms with Crippen molar-refractivity contribution in [1.29, 1.82) is 0 Å². The zero-order valence-electron chi connectivity index (χ0n) is 17.4. The Bertz CT molecular complexity index is 1100. The highest BCUT2D eigenvalue weighted by Gasteiger charge is 2.34. The van der Waals surface area contributed by atoms with Crippen molar-refractivity contribution in [3.63, 3.8) is 0 Å². The van der Waals surface area contributed by atoms with E-state index in [4.69, 9.17) is 51.4 Å². The van der Waals surface area contributed by atoms with Gasteiger partial charge in [0.2, 0.25) is 5.91 Å². The first kappa shape index (κ1) is 24.6. The average molecular weight is 544 g/mol. The quantitative estimate of drug-likeness (QED) is 0.278. The molecule has 2 aliphatic rings. The van der Waals surface area contributed by atoms with E-state index in [1.54, 1.807) is 24.3 Å². The summed E-state index contributed by atoms with van der Waals surface area (Å²) in [5.41, 5.74) is 0.767. The Hall–Kier alpha value is -1.51. The Morgan fingerprint density at radius 1 is 1.21 bits per heavy atom. The van der Waals surface area contributed by atoms with Gasteiger partial charge in [0.15, 0.2) is 0 Å². The smallest absolute Gasteiger partial charge is 0.266 e. The minimum Gasteiger partial charge on any atom is -0.457 e. The third-order valence-electron chi connectivity index (χ3n) is 5.60. The second-order valence-electron chi connectivity index (χ2n) is 7.96. The van der Waals surface area contributed by atoms with E-state index in [-0.39, 0.29) is 35.0 Å². The Labute approximate surface area is 216 Å². The molecule has 1 aromatic carbocycles. The van der Waals surface area contributed by atoms with Gasteiger partial charge in [-0.05, 0) is 49.4 Å². The summed E-state index contributed by atoms with van der Waals surface area (Å²) in [7, 11) is 0. The molecule has 0 bridgehead atoms. The van der Waals surface area contributed by atoms with Crippen molar-refractivity contribution in [2.75, 3.05) is 13.1 Å². The summed E-state index contributed by atoms with van der Waals surface area (Å²) in [6.45, 7) is 0.383. The van der Waals surface area contributed by atoms with Crippen LogP contribution in [0.2, 0.25) is 5.02 Å². The number of hydrogen-bond acceptors (Lipinski definition) is 5. The van der Waals surface area contributed by atoms with Crippen molar-refractivity contribution in [2.45, 2.75) is 30.0 Å². The highest BCUT2D eigenvalue weighted by Crippen LogP contribution is 2.35. The first-order valence-electron chi connectivity index (χ1n) is 10.5. The van der Waals surface area contributed by atoms with E-state index in [9.17, 15) is 9.59 Å². The molecular formula is C23H21Cl3N2O3S2. The van der Waals surface area contributed by atoms with Crippen LogP contribution < -0.4 is 5.32 Å². The van der Waals surface area contributed by atoms with Crippen LogP contribution in [0.15, 0.2) is 45.7 Å². The number of hydrogen-bond donors (Lipinski definition) is 1. The summed E-state index contributed by atoms with van der Waals surface area (Å²) in [5, 5.41) is 3.37. The summed E-state index contributed by atoms with van der Waals surface area (Å²) in [4.78, 5) is 27.0. The van der Waals surface area contributed by atoms with Crippen molar-refractivity contribution in [3.05, 3.63) is 52.1 Å². The van der Waals surface area contributed by atoms with E-state index in [0.29, 0.717) is 32.3 Å². The second kappa shape index (κ2) is 10.8. The van der Waals surface area contributed by atoms with E-state index < -0.39 is 0 Å². The molecule has 1 aromatic heterocycles. The Morgan fingerprint density at radius 3 is 2.76 bits per heavy atom. The fourth-order valence-electron chi connectivity index (χ4n) is 3.80. The normalized spacial score (nSPS) is 24.5. The van der Waals surface area contributed by atoms with Gasteiger partial charge >= 0.3 is 0 Å². The van der Waals surface area contributed by atoms with Crippen LogP contribution in [0.4, 0.5) is 0 Å². The number of thiocarbonyl (C=S) groups is 1. The van der Waals surface area contributed by atoms with Crippen molar-refractivity contribution in [1.82, 2.24) is 10.2 Å². The van der Waals surface area contributed by atoms with Crippen molar-refractivity contribution in [3.8, 4) is 11.3 Å². The second-order valence-corrected chi connectivity index (χ2v) is 11.2. The highest BCUT2D eigenvalue weighted by atomic mass is 35.5. The molecule has 3 atom stereocenters. The molecule has 2 fully saturated rings. The molecule has 10 heteroatoms. The van der Waals surface area contributed by atoms with Gasteiger partial charge in [0, 0.05) is 23.6 Å². The van der Waals surface area contributed by atoms with Crippen LogP contribution >= 0.6 is 58.8 Å². The van der Waals surface area contributed by atoms with E-state index >= 15 is 0 Å². The summed E-state index contributed by atoms with van der Waals surface area (Å²) < 4.78 is 6.18. The number of carbonyl (C=O) groups excluding carboxylic acids is 2. The number of halogens is 3. The number of nitrogens with one attached hydrogen (secondary N) is 1. The number of amides is 2. The van der Waals surface area contributed by atoms with Gasteiger partial charge in [-0.3, -0.25) is 14.5 Å². The van der Waals surface area contributed by atoms with Gasteiger partial charge in [0.05, 0.1) is 15.3 Å². The molecule has 2 heterocycles. The van der Waals surface area contributed by atoms with E-state index in [0.717, 1.165) is 36.6 Å². The van der Waals surface area contributed by atoms with Crippen molar-refractivity contribution >= 4 is 81.0 Å². The van der Waals surface area contributed by atoms with Crippen LogP contribution in [0.25, 0.3) is 17.4 Å². The molecule has 33 heavy (non-hydrogen) atoms. The topological polar surface area (TPSA) is 62.6 Å². The first-order valence-corrected chi connectivity index (χ1v) is 12.9. The summed E-state index contributed by atoms with van der Waals surface area (Å²) >= 11 is 25.1. The fourth-order valence-corrected chi connectivity index (χ4v) is 5.88. The van der Waals surface area contributed by atoms with Crippen LogP contribution in [0.3, 0.4) is 0 Å². The minimum atomic E-state index is -0.320. The molecule has 2 aromatic rings. The molecule has 1 aliphatic heterocycles. The monoisotopic (exact) mass is 542 g/mol. The van der Waals surface area contributed by atoms with Crippen LogP contribution in [-0.2, 0) is 9.59 Å². The lowest BCUT2D eigenvalue weighted by atomic mass is 9.88. The van der Waals surface area contributed by atoms with Crippen molar-refractivity contribution < 1.29 is 14.0 Å². The summed E-state index contributed by atoms with van der Waals surface area (Å²) in [6, 6.07) is 10.9. The van der Waals surface area contributed by atoms with Crippen LogP contribution in [0.5, 0.6) is 0 Å². The number of carbonyl (C=O) groups is 2. The SMILES string of the molecule is O=C(CN1C(=O)/C(=C/c2ccc(-c3ccccc3Cl)o2)SC1=S)NCC1CCC(Cl)C(Cl)C1. The third-order valence-corrected chi connectivity index (χ3v) is 8.45. The zero-order valence-corrected chi connectivity index (χ0v) is 21.3. The molecule has 1 aliphatic carbocycles. The van der Waals surface area contributed by atoms with Gasteiger partial charge in [-0.15, -0.1) is 23.2 Å². The predicted octanol–water partition coefficient (Wildman–Crippen LogP) is 5.93. The molecule has 0 radical (unpaired) electrons. The Morgan fingerprint density at radius 2 is 2.00 bits per heavy atom. The molecule has 4 rings (SSSR count). The van der Waals surface area contributed by atoms with Gasteiger partial charge in [0.1, 0.15) is 22.4 Å². The molecular weight excluding hydrogens is 523 g/mol. The first-order chi connectivity index (χ1) is 15.8. The number of thioether (sulfide) groups is 1. The lowest BCUT2D eigenvalue weighted by Crippen LogP contribution is -2.42. The molecule has 1 saturated heterocycles. The number of alkyl halides is 2. The third kappa shape index (κ3) is 5.95. The van der Waals surface area contributed by atoms with Gasteiger partial charge in [-0.2, -0.15) is 0 Å². The Balaban J connectivity index is 1.35. The average Bonchev–Trinajstić information content (AvgIpc) is 3.35. The molecule has 1 N–H and O–H groups in total. The minimum absolute atomic E-state index is 0.0182. The van der Waals surface area contributed by atoms with Gasteiger partial charge in [-0.25, -0.2) is 0 Å². The molecule has 3 unspecified atom stereocenters. The summed E-state index contributed by atoms with van der Waals surface area (Å²) in [5.74, 6) is 0.804. The number of rotatable bonds is 6. The zero-order chi connectivity index (χ0) is 23.5. The van der Waals surface area contributed by atoms with Crippen molar-refractivity contribution in [2.24, 2.45) is 5.92 Å². The maximum absolute atomic E-state index is 12.8. The molecule has 0 spiro atoms. The van der Waals surface area contributed by atoms with E-state index in [1.165, 1.54) is 4.90 Å². The van der Waals surface area contributed by atoms with Crippen LogP contribution in [-0.4, -0.2) is 44.9 Å². The Kier molecular flexibility index (Phi) is 8.07. The molecule has 1 saturated carbocycles. The number of nitrogens with zero attached hydrogens (tertiary/aromatic N) is 1. The van der Waals surface area contributed by atoms with Crippen LogP contribution in [0.1, 0.15) is 25.0 Å². The maximum atomic E-state index is 12.8. The van der Waals surface area contributed by atoms with Crippen LogP contribution in [0, 0.1) is 5.92 Å². The molecule has 2 amide bonds. The predicted molar refractivity (Wildman–Crippen MR) is 139 cm³/mol.